The van der Waals surface area contributed by atoms with Crippen LogP contribution in [0.3, 0.4) is 0 Å². The van der Waals surface area contributed by atoms with Crippen molar-refractivity contribution in [3.8, 4) is 0 Å². The van der Waals surface area contributed by atoms with E-state index in [1.807, 2.05) is 19.9 Å². The molecule has 1 saturated carbocycles. The highest BCUT2D eigenvalue weighted by Crippen LogP contribution is 2.29. The summed E-state index contributed by atoms with van der Waals surface area (Å²) in [5.41, 5.74) is 6.67. The van der Waals surface area contributed by atoms with E-state index in [2.05, 4.69) is 5.32 Å². The van der Waals surface area contributed by atoms with E-state index in [-0.39, 0.29) is 29.9 Å². The van der Waals surface area contributed by atoms with Crippen LogP contribution in [0, 0.1) is 5.92 Å². The molecule has 1 amide bonds. The number of nitrogens with two attached hydrogens (primary N) is 1. The third-order valence-electron chi connectivity index (χ3n) is 4.97. The number of aliphatic hydroxyl groups excluding tert-OH is 1. The average Bonchev–Trinajstić information content (AvgIpc) is 2.62. The Hall–Kier alpha value is -1.92. The number of esters is 1. The summed E-state index contributed by atoms with van der Waals surface area (Å²) in [6.45, 7) is 3.78. The largest absolute Gasteiger partial charge is 0.459 e. The normalized spacial score (nSPS) is 26.8. The molecule has 1 aliphatic carbocycles. The van der Waals surface area contributed by atoms with Crippen LogP contribution in [0.2, 0.25) is 0 Å². The highest BCUT2D eigenvalue weighted by atomic mass is 16.5. The van der Waals surface area contributed by atoms with Crippen LogP contribution in [0.5, 0.6) is 0 Å². The molecule has 0 heterocycles. The zero-order chi connectivity index (χ0) is 19.1. The fraction of sp³-hybridized carbons (Fsp3) is 0.600. The monoisotopic (exact) mass is 362 g/mol. The van der Waals surface area contributed by atoms with Gasteiger partial charge in [0.2, 0.25) is 5.91 Å². The standard InChI is InChI=1S/C20H30N2O4/c1-3-7-17(23)22-16-11-10-15(19(24)18(16)21)12-13(2)26-20(25)14-8-5-4-6-9-14/h4-6,8-9,13,15-16,18-19,24H,3,7,10-12,21H2,1-2H3,(H,22,23). The van der Waals surface area contributed by atoms with Gasteiger partial charge in [0.15, 0.2) is 0 Å². The second kappa shape index (κ2) is 9.69. The third kappa shape index (κ3) is 5.54. The maximum atomic E-state index is 12.1. The van der Waals surface area contributed by atoms with Gasteiger partial charge in [0.1, 0.15) is 0 Å². The lowest BCUT2D eigenvalue weighted by molar-refractivity contribution is -0.122. The molecule has 0 radical (unpaired) electrons. The van der Waals surface area contributed by atoms with Gasteiger partial charge in [-0.3, -0.25) is 4.79 Å². The molecule has 5 unspecified atom stereocenters. The van der Waals surface area contributed by atoms with Crippen molar-refractivity contribution in [2.24, 2.45) is 11.7 Å². The molecule has 1 fully saturated rings. The van der Waals surface area contributed by atoms with Gasteiger partial charge >= 0.3 is 5.97 Å². The van der Waals surface area contributed by atoms with Gasteiger partial charge in [-0.25, -0.2) is 4.79 Å². The van der Waals surface area contributed by atoms with Crippen molar-refractivity contribution in [1.29, 1.82) is 0 Å². The highest BCUT2D eigenvalue weighted by molar-refractivity contribution is 5.89. The number of amides is 1. The van der Waals surface area contributed by atoms with Crippen molar-refractivity contribution < 1.29 is 19.4 Å². The number of carbonyl (C=O) groups excluding carboxylic acids is 2. The molecule has 1 aromatic rings. The number of ether oxygens (including phenoxy) is 1. The van der Waals surface area contributed by atoms with Crippen LogP contribution < -0.4 is 11.1 Å². The zero-order valence-corrected chi connectivity index (χ0v) is 15.6. The number of aliphatic hydroxyl groups is 1. The number of rotatable bonds is 7. The number of hydrogen-bond donors (Lipinski definition) is 3. The van der Waals surface area contributed by atoms with Crippen molar-refractivity contribution in [1.82, 2.24) is 5.32 Å². The molecule has 2 rings (SSSR count). The Labute approximate surface area is 155 Å². The lowest BCUT2D eigenvalue weighted by Crippen LogP contribution is -2.58. The van der Waals surface area contributed by atoms with Gasteiger partial charge in [0.05, 0.1) is 23.8 Å². The third-order valence-corrected chi connectivity index (χ3v) is 4.97. The number of hydrogen-bond acceptors (Lipinski definition) is 5. The second-order valence-corrected chi connectivity index (χ2v) is 7.15. The van der Waals surface area contributed by atoms with Crippen LogP contribution in [0.25, 0.3) is 0 Å². The summed E-state index contributed by atoms with van der Waals surface area (Å²) in [5, 5.41) is 13.5. The van der Waals surface area contributed by atoms with Gasteiger partial charge < -0.3 is 20.9 Å². The van der Waals surface area contributed by atoms with Crippen LogP contribution in [0.15, 0.2) is 30.3 Å². The minimum absolute atomic E-state index is 0.0243. The Balaban J connectivity index is 1.84. The summed E-state index contributed by atoms with van der Waals surface area (Å²) in [5.74, 6) is -0.441. The van der Waals surface area contributed by atoms with E-state index in [1.54, 1.807) is 24.3 Å². The molecule has 6 nitrogen and oxygen atoms in total. The molecule has 1 aliphatic rings. The Bertz CT molecular complexity index is 593. The van der Waals surface area contributed by atoms with Crippen molar-refractivity contribution in [3.63, 3.8) is 0 Å². The summed E-state index contributed by atoms with van der Waals surface area (Å²) < 4.78 is 5.49. The van der Waals surface area contributed by atoms with E-state index < -0.39 is 12.1 Å². The van der Waals surface area contributed by atoms with Gasteiger partial charge in [-0.2, -0.15) is 0 Å². The van der Waals surface area contributed by atoms with Crippen LogP contribution in [-0.2, 0) is 9.53 Å². The van der Waals surface area contributed by atoms with Gasteiger partial charge in [0.25, 0.3) is 0 Å². The van der Waals surface area contributed by atoms with E-state index in [0.29, 0.717) is 18.4 Å². The number of carbonyl (C=O) groups is 2. The zero-order valence-electron chi connectivity index (χ0n) is 15.6. The van der Waals surface area contributed by atoms with E-state index in [9.17, 15) is 14.7 Å². The first-order chi connectivity index (χ1) is 12.4. The van der Waals surface area contributed by atoms with Gasteiger partial charge in [-0.15, -0.1) is 0 Å². The van der Waals surface area contributed by atoms with E-state index in [1.165, 1.54) is 0 Å². The minimum Gasteiger partial charge on any atom is -0.459 e. The van der Waals surface area contributed by atoms with Gasteiger partial charge in [-0.05, 0) is 50.7 Å². The predicted octanol–water partition coefficient (Wildman–Crippen LogP) is 2.01. The first kappa shape index (κ1) is 20.4. The van der Waals surface area contributed by atoms with Crippen molar-refractivity contribution in [2.75, 3.05) is 0 Å². The van der Waals surface area contributed by atoms with Crippen molar-refractivity contribution in [2.45, 2.75) is 70.2 Å². The number of benzene rings is 1. The fourth-order valence-corrected chi connectivity index (χ4v) is 3.54. The molecular formula is C20H30N2O4. The first-order valence-electron chi connectivity index (χ1n) is 9.41. The summed E-state index contributed by atoms with van der Waals surface area (Å²) in [6, 6.07) is 8.13. The van der Waals surface area contributed by atoms with Crippen LogP contribution in [0.4, 0.5) is 0 Å². The first-order valence-corrected chi connectivity index (χ1v) is 9.41. The number of nitrogens with one attached hydrogen (secondary N) is 1. The molecule has 1 aromatic carbocycles. The molecule has 0 saturated heterocycles. The average molecular weight is 362 g/mol. The van der Waals surface area contributed by atoms with E-state index >= 15 is 0 Å². The van der Waals surface area contributed by atoms with Crippen LogP contribution in [-0.4, -0.2) is 41.3 Å². The predicted molar refractivity (Wildman–Crippen MR) is 99.5 cm³/mol. The lowest BCUT2D eigenvalue weighted by atomic mass is 9.77. The summed E-state index contributed by atoms with van der Waals surface area (Å²) >= 11 is 0. The van der Waals surface area contributed by atoms with Crippen molar-refractivity contribution in [3.05, 3.63) is 35.9 Å². The Morgan fingerprint density at radius 1 is 1.31 bits per heavy atom. The minimum atomic E-state index is -0.728. The van der Waals surface area contributed by atoms with E-state index in [0.717, 1.165) is 19.3 Å². The molecule has 5 atom stereocenters. The summed E-state index contributed by atoms with van der Waals surface area (Å²) in [4.78, 5) is 23.9. The molecule has 4 N–H and O–H groups in total. The summed E-state index contributed by atoms with van der Waals surface area (Å²) in [7, 11) is 0. The molecule has 144 valence electrons. The topological polar surface area (TPSA) is 102 Å². The maximum absolute atomic E-state index is 12.1. The lowest BCUT2D eigenvalue weighted by Gasteiger charge is -2.39. The van der Waals surface area contributed by atoms with Crippen molar-refractivity contribution >= 4 is 11.9 Å². The molecule has 0 spiro atoms. The Kier molecular flexibility index (Phi) is 7.60. The molecule has 0 aliphatic heterocycles. The Morgan fingerprint density at radius 2 is 2.00 bits per heavy atom. The van der Waals surface area contributed by atoms with Crippen LogP contribution in [0.1, 0.15) is 56.3 Å². The highest BCUT2D eigenvalue weighted by Gasteiger charge is 2.37. The molecule has 6 heteroatoms. The van der Waals surface area contributed by atoms with Gasteiger partial charge in [0, 0.05) is 12.5 Å². The van der Waals surface area contributed by atoms with Gasteiger partial charge in [-0.1, -0.05) is 25.1 Å². The molecule has 26 heavy (non-hydrogen) atoms. The Morgan fingerprint density at radius 3 is 2.65 bits per heavy atom. The molecular weight excluding hydrogens is 332 g/mol. The SMILES string of the molecule is CCCC(=O)NC1CCC(CC(C)OC(=O)c2ccccc2)C(O)C1N. The molecule has 0 aromatic heterocycles. The molecule has 0 bridgehead atoms. The smallest absolute Gasteiger partial charge is 0.338 e. The maximum Gasteiger partial charge on any atom is 0.338 e. The van der Waals surface area contributed by atoms with E-state index in [4.69, 9.17) is 10.5 Å². The second-order valence-electron chi connectivity index (χ2n) is 7.15. The quantitative estimate of drug-likeness (QED) is 0.644. The van der Waals surface area contributed by atoms with Crippen LogP contribution >= 0.6 is 0 Å². The fourth-order valence-electron chi connectivity index (χ4n) is 3.54. The summed E-state index contributed by atoms with van der Waals surface area (Å²) in [6.07, 6.45) is 2.20.